The zero-order chi connectivity index (χ0) is 13.0. The molecule has 1 amide bonds. The molecule has 0 aliphatic carbocycles. The largest absolute Gasteiger partial charge is 0.364 e. The molecule has 1 aliphatic heterocycles. The summed E-state index contributed by atoms with van der Waals surface area (Å²) in [6, 6.07) is 10.4. The molecule has 18 heavy (non-hydrogen) atoms. The first-order valence-corrected chi connectivity index (χ1v) is 7.16. The van der Waals surface area contributed by atoms with Crippen LogP contribution >= 0.6 is 11.8 Å². The van der Waals surface area contributed by atoms with E-state index in [9.17, 15) is 4.79 Å². The molecule has 1 heterocycles. The Hall–Kier alpha value is -1.29. The van der Waals surface area contributed by atoms with E-state index in [1.54, 1.807) is 11.8 Å². The first-order valence-electron chi connectivity index (χ1n) is 6.28. The van der Waals surface area contributed by atoms with Gasteiger partial charge in [0.05, 0.1) is 5.25 Å². The van der Waals surface area contributed by atoms with Crippen LogP contribution in [0.2, 0.25) is 0 Å². The summed E-state index contributed by atoms with van der Waals surface area (Å²) in [5.74, 6) is 0.405. The van der Waals surface area contributed by atoms with Gasteiger partial charge < -0.3 is 5.32 Å². The molecule has 4 heteroatoms. The Morgan fingerprint density at radius 1 is 1.39 bits per heavy atom. The lowest BCUT2D eigenvalue weighted by Crippen LogP contribution is -2.24. The van der Waals surface area contributed by atoms with E-state index in [0.717, 1.165) is 18.1 Å². The molecule has 0 spiro atoms. The van der Waals surface area contributed by atoms with Crippen LogP contribution in [0.3, 0.4) is 0 Å². The number of benzene rings is 1. The Bertz CT molecular complexity index is 444. The van der Waals surface area contributed by atoms with E-state index < -0.39 is 0 Å². The van der Waals surface area contributed by atoms with Gasteiger partial charge in [-0.3, -0.25) is 4.79 Å². The normalized spacial score (nSPS) is 20.7. The third-order valence-electron chi connectivity index (χ3n) is 3.04. The second kappa shape index (κ2) is 6.05. The molecule has 96 valence electrons. The van der Waals surface area contributed by atoms with Crippen molar-refractivity contribution in [1.29, 1.82) is 0 Å². The van der Waals surface area contributed by atoms with Crippen molar-refractivity contribution >= 4 is 22.8 Å². The minimum Gasteiger partial charge on any atom is -0.364 e. The number of amides is 1. The molecule has 1 aliphatic rings. The standard InChI is InChI=1S/C14H18N2OS/c1-3-12-13(17)16-14(18-12)15-9-10(2)11-7-5-4-6-8-11/h4-8,10,12H,3,9H2,1-2H3,(H,15,16,17)/t10-,12-/m0/s1. The Balaban J connectivity index is 1.86. The molecule has 0 fully saturated rings. The summed E-state index contributed by atoms with van der Waals surface area (Å²) in [6.45, 7) is 4.99. The van der Waals surface area contributed by atoms with Crippen LogP contribution in [0.25, 0.3) is 0 Å². The van der Waals surface area contributed by atoms with E-state index >= 15 is 0 Å². The van der Waals surface area contributed by atoms with E-state index in [0.29, 0.717) is 5.92 Å². The van der Waals surface area contributed by atoms with Gasteiger partial charge >= 0.3 is 0 Å². The SMILES string of the molecule is CC[C@@H]1SC(NC[C@H](C)c2ccccc2)=NC1=O. The second-order valence-corrected chi connectivity index (χ2v) is 5.65. The van der Waals surface area contributed by atoms with Crippen LogP contribution in [-0.2, 0) is 4.79 Å². The third kappa shape index (κ3) is 3.13. The number of aliphatic imine (C=N–C) groups is 1. The quantitative estimate of drug-likeness (QED) is 0.907. The van der Waals surface area contributed by atoms with Crippen molar-refractivity contribution in [2.75, 3.05) is 6.54 Å². The monoisotopic (exact) mass is 262 g/mol. The van der Waals surface area contributed by atoms with Crippen molar-refractivity contribution < 1.29 is 4.79 Å². The molecule has 0 bridgehead atoms. The van der Waals surface area contributed by atoms with Gasteiger partial charge in [0.1, 0.15) is 0 Å². The fourth-order valence-corrected chi connectivity index (χ4v) is 2.76. The highest BCUT2D eigenvalue weighted by molar-refractivity contribution is 8.15. The number of amidine groups is 1. The summed E-state index contributed by atoms with van der Waals surface area (Å²) in [5, 5.41) is 4.05. The van der Waals surface area contributed by atoms with E-state index in [2.05, 4.69) is 29.4 Å². The summed E-state index contributed by atoms with van der Waals surface area (Å²) >= 11 is 1.55. The number of hydrogen-bond donors (Lipinski definition) is 1. The van der Waals surface area contributed by atoms with E-state index in [4.69, 9.17) is 0 Å². The lowest BCUT2D eigenvalue weighted by atomic mass is 10.0. The lowest BCUT2D eigenvalue weighted by Gasteiger charge is -2.13. The molecule has 2 atom stereocenters. The fourth-order valence-electron chi connectivity index (χ4n) is 1.86. The summed E-state index contributed by atoms with van der Waals surface area (Å²) in [5.41, 5.74) is 1.30. The molecule has 2 rings (SSSR count). The molecule has 3 nitrogen and oxygen atoms in total. The zero-order valence-electron chi connectivity index (χ0n) is 10.7. The van der Waals surface area contributed by atoms with Crippen molar-refractivity contribution in [3.05, 3.63) is 35.9 Å². The smallest absolute Gasteiger partial charge is 0.261 e. The minimum absolute atomic E-state index is 0.00244. The first kappa shape index (κ1) is 13.1. The third-order valence-corrected chi connectivity index (χ3v) is 4.32. The van der Waals surface area contributed by atoms with Crippen LogP contribution in [0.5, 0.6) is 0 Å². The zero-order valence-corrected chi connectivity index (χ0v) is 11.5. The molecule has 0 radical (unpaired) electrons. The van der Waals surface area contributed by atoms with Crippen molar-refractivity contribution in [1.82, 2.24) is 5.32 Å². The molecule has 1 aromatic rings. The van der Waals surface area contributed by atoms with Gasteiger partial charge in [0.15, 0.2) is 5.17 Å². The van der Waals surface area contributed by atoms with Crippen molar-refractivity contribution in [3.63, 3.8) is 0 Å². The number of carbonyl (C=O) groups is 1. The molecular weight excluding hydrogens is 244 g/mol. The van der Waals surface area contributed by atoms with Crippen LogP contribution in [0.1, 0.15) is 31.7 Å². The fraction of sp³-hybridized carbons (Fsp3) is 0.429. The number of rotatable bonds is 4. The Labute approximate surface area is 112 Å². The second-order valence-electron chi connectivity index (χ2n) is 4.46. The Morgan fingerprint density at radius 2 is 2.11 bits per heavy atom. The highest BCUT2D eigenvalue weighted by Gasteiger charge is 2.26. The summed E-state index contributed by atoms with van der Waals surface area (Å²) < 4.78 is 0. The van der Waals surface area contributed by atoms with Crippen molar-refractivity contribution in [2.24, 2.45) is 4.99 Å². The molecular formula is C14H18N2OS. The van der Waals surface area contributed by atoms with Gasteiger partial charge in [-0.05, 0) is 17.9 Å². The predicted molar refractivity (Wildman–Crippen MR) is 77.0 cm³/mol. The highest BCUT2D eigenvalue weighted by atomic mass is 32.2. The van der Waals surface area contributed by atoms with Crippen molar-refractivity contribution in [3.8, 4) is 0 Å². The molecule has 0 unspecified atom stereocenters. The summed E-state index contributed by atoms with van der Waals surface area (Å²) in [6.07, 6.45) is 0.840. The molecule has 0 saturated heterocycles. The number of thioether (sulfide) groups is 1. The van der Waals surface area contributed by atoms with Crippen LogP contribution in [0, 0.1) is 0 Å². The number of hydrogen-bond acceptors (Lipinski definition) is 3. The summed E-state index contributed by atoms with van der Waals surface area (Å²) in [4.78, 5) is 15.5. The van der Waals surface area contributed by atoms with Crippen LogP contribution in [0.15, 0.2) is 35.3 Å². The number of carbonyl (C=O) groups excluding carboxylic acids is 1. The average Bonchev–Trinajstić information content (AvgIpc) is 2.77. The molecule has 1 N–H and O–H groups in total. The first-order chi connectivity index (χ1) is 8.70. The maximum Gasteiger partial charge on any atom is 0.261 e. The van der Waals surface area contributed by atoms with E-state index in [1.807, 2.05) is 25.1 Å². The van der Waals surface area contributed by atoms with Gasteiger partial charge in [-0.15, -0.1) is 0 Å². The van der Waals surface area contributed by atoms with E-state index in [-0.39, 0.29) is 11.2 Å². The van der Waals surface area contributed by atoms with Crippen LogP contribution < -0.4 is 5.32 Å². The lowest BCUT2D eigenvalue weighted by molar-refractivity contribution is -0.117. The molecule has 0 saturated carbocycles. The molecule has 0 aromatic heterocycles. The van der Waals surface area contributed by atoms with Crippen molar-refractivity contribution in [2.45, 2.75) is 31.4 Å². The minimum atomic E-state index is -0.00244. The number of nitrogens with one attached hydrogen (secondary N) is 1. The summed E-state index contributed by atoms with van der Waals surface area (Å²) in [7, 11) is 0. The molecule has 1 aromatic carbocycles. The van der Waals surface area contributed by atoms with Gasteiger partial charge in [-0.1, -0.05) is 55.9 Å². The van der Waals surface area contributed by atoms with Gasteiger partial charge in [0.2, 0.25) is 0 Å². The average molecular weight is 262 g/mol. The van der Waals surface area contributed by atoms with Crippen LogP contribution in [0.4, 0.5) is 0 Å². The Morgan fingerprint density at radius 3 is 2.72 bits per heavy atom. The van der Waals surface area contributed by atoms with Gasteiger partial charge in [0.25, 0.3) is 5.91 Å². The predicted octanol–water partition coefficient (Wildman–Crippen LogP) is 2.79. The highest BCUT2D eigenvalue weighted by Crippen LogP contribution is 2.24. The van der Waals surface area contributed by atoms with Crippen LogP contribution in [-0.4, -0.2) is 22.9 Å². The Kier molecular flexibility index (Phi) is 4.42. The topological polar surface area (TPSA) is 41.5 Å². The van der Waals surface area contributed by atoms with Gasteiger partial charge in [-0.25, -0.2) is 0 Å². The van der Waals surface area contributed by atoms with Gasteiger partial charge in [-0.2, -0.15) is 4.99 Å². The maximum atomic E-state index is 11.5. The number of nitrogens with zero attached hydrogens (tertiary/aromatic N) is 1. The van der Waals surface area contributed by atoms with Gasteiger partial charge in [0, 0.05) is 6.54 Å². The van der Waals surface area contributed by atoms with E-state index in [1.165, 1.54) is 5.56 Å². The maximum absolute atomic E-state index is 11.5.